The van der Waals surface area contributed by atoms with E-state index in [2.05, 4.69) is 11.2 Å². The number of aromatic nitrogens is 2. The second-order valence-electron chi connectivity index (χ2n) is 1.80. The van der Waals surface area contributed by atoms with E-state index in [1.54, 1.807) is 10.0 Å². The normalized spacial score (nSPS) is 10.4. The van der Waals surface area contributed by atoms with Crippen LogP contribution < -0.4 is 5.43 Å². The third-order valence-corrected chi connectivity index (χ3v) is 1.90. The Morgan fingerprint density at radius 1 is 1.70 bits per heavy atom. The summed E-state index contributed by atoms with van der Waals surface area (Å²) in [6, 6.07) is 4.02. The van der Waals surface area contributed by atoms with E-state index in [4.69, 9.17) is 0 Å². The van der Waals surface area contributed by atoms with Crippen molar-refractivity contribution in [3.8, 4) is 0 Å². The summed E-state index contributed by atoms with van der Waals surface area (Å²) in [5, 5.41) is 3.92. The monoisotopic (exact) mass is 151 g/mol. The molecule has 0 aliphatic heterocycles. The highest BCUT2D eigenvalue weighted by Crippen LogP contribution is 2.03. The average molecular weight is 151 g/mol. The van der Waals surface area contributed by atoms with E-state index in [9.17, 15) is 4.79 Å². The minimum absolute atomic E-state index is 0.0933. The van der Waals surface area contributed by atoms with Crippen molar-refractivity contribution < 1.29 is 0 Å². The SMILES string of the molecule is O=c1[c]cn2ncsc2c1. The second-order valence-corrected chi connectivity index (χ2v) is 2.67. The third kappa shape index (κ3) is 0.733. The number of rotatable bonds is 0. The van der Waals surface area contributed by atoms with Crippen LogP contribution in [0, 0.1) is 6.07 Å². The van der Waals surface area contributed by atoms with Crippen molar-refractivity contribution in [1.82, 2.24) is 9.61 Å². The van der Waals surface area contributed by atoms with Gasteiger partial charge in [0.25, 0.3) is 0 Å². The van der Waals surface area contributed by atoms with Crippen LogP contribution >= 0.6 is 11.3 Å². The van der Waals surface area contributed by atoms with Gasteiger partial charge in [0.05, 0.1) is 6.07 Å². The van der Waals surface area contributed by atoms with E-state index in [0.29, 0.717) is 0 Å². The molecule has 0 saturated carbocycles. The predicted octanol–water partition coefficient (Wildman–Crippen LogP) is 0.556. The Morgan fingerprint density at radius 3 is 3.50 bits per heavy atom. The molecule has 3 nitrogen and oxygen atoms in total. The molecular formula is C6H3N2OS. The van der Waals surface area contributed by atoms with Crippen molar-refractivity contribution in [3.05, 3.63) is 34.1 Å². The maximum atomic E-state index is 10.7. The lowest BCUT2D eigenvalue weighted by atomic mass is 10.5. The van der Waals surface area contributed by atoms with Crippen LogP contribution in [0.25, 0.3) is 4.83 Å². The molecule has 0 N–H and O–H groups in total. The van der Waals surface area contributed by atoms with E-state index < -0.39 is 0 Å². The molecule has 0 aliphatic rings. The summed E-state index contributed by atoms with van der Waals surface area (Å²) in [5.74, 6) is 0. The summed E-state index contributed by atoms with van der Waals surface area (Å²) in [6.07, 6.45) is 1.54. The Hall–Kier alpha value is -1.16. The van der Waals surface area contributed by atoms with E-state index in [0.717, 1.165) is 4.83 Å². The first-order valence-electron chi connectivity index (χ1n) is 2.70. The first-order valence-corrected chi connectivity index (χ1v) is 3.58. The second kappa shape index (κ2) is 1.91. The molecule has 0 aliphatic carbocycles. The van der Waals surface area contributed by atoms with Gasteiger partial charge in [0.2, 0.25) is 0 Å². The Kier molecular flexibility index (Phi) is 1.07. The minimum atomic E-state index is -0.0933. The fourth-order valence-corrected chi connectivity index (χ4v) is 1.35. The van der Waals surface area contributed by atoms with Gasteiger partial charge in [0.1, 0.15) is 10.3 Å². The van der Waals surface area contributed by atoms with Crippen LogP contribution in [-0.4, -0.2) is 9.61 Å². The van der Waals surface area contributed by atoms with Crippen molar-refractivity contribution in [3.63, 3.8) is 0 Å². The summed E-state index contributed by atoms with van der Waals surface area (Å²) >= 11 is 1.43. The van der Waals surface area contributed by atoms with E-state index >= 15 is 0 Å². The maximum absolute atomic E-state index is 10.7. The first kappa shape index (κ1) is 5.61. The zero-order valence-electron chi connectivity index (χ0n) is 4.94. The van der Waals surface area contributed by atoms with Gasteiger partial charge in [0, 0.05) is 12.3 Å². The van der Waals surface area contributed by atoms with Crippen molar-refractivity contribution in [2.24, 2.45) is 0 Å². The maximum Gasteiger partial charge on any atom is 0.191 e. The van der Waals surface area contributed by atoms with Crippen LogP contribution in [-0.2, 0) is 0 Å². The lowest BCUT2D eigenvalue weighted by molar-refractivity contribution is 0.956. The van der Waals surface area contributed by atoms with Crippen LogP contribution in [0.4, 0.5) is 0 Å². The van der Waals surface area contributed by atoms with E-state index in [1.165, 1.54) is 23.6 Å². The fourth-order valence-electron chi connectivity index (χ4n) is 0.715. The van der Waals surface area contributed by atoms with E-state index in [-0.39, 0.29) is 5.43 Å². The Labute approximate surface area is 60.6 Å². The first-order chi connectivity index (χ1) is 4.86. The van der Waals surface area contributed by atoms with Crippen molar-refractivity contribution >= 4 is 16.2 Å². The summed E-state index contributed by atoms with van der Waals surface area (Å²) < 4.78 is 1.62. The Morgan fingerprint density at radius 2 is 2.60 bits per heavy atom. The largest absolute Gasteiger partial charge is 0.289 e. The van der Waals surface area contributed by atoms with Crippen molar-refractivity contribution in [2.45, 2.75) is 0 Å². The van der Waals surface area contributed by atoms with Crippen LogP contribution in [0.15, 0.2) is 22.6 Å². The number of pyridine rings is 1. The molecule has 0 saturated heterocycles. The van der Waals surface area contributed by atoms with Crippen LogP contribution in [0.1, 0.15) is 0 Å². The van der Waals surface area contributed by atoms with E-state index in [1.807, 2.05) is 0 Å². The molecular weight excluding hydrogens is 148 g/mol. The molecule has 0 bridgehead atoms. The number of nitrogens with zero attached hydrogens (tertiary/aromatic N) is 2. The molecule has 2 heterocycles. The number of hydrogen-bond acceptors (Lipinski definition) is 3. The van der Waals surface area contributed by atoms with Gasteiger partial charge in [-0.3, -0.25) is 4.79 Å². The molecule has 0 unspecified atom stereocenters. The molecule has 0 spiro atoms. The Bertz CT molecular complexity index is 403. The molecule has 49 valence electrons. The van der Waals surface area contributed by atoms with Gasteiger partial charge >= 0.3 is 0 Å². The lowest BCUT2D eigenvalue weighted by Crippen LogP contribution is -1.98. The van der Waals surface area contributed by atoms with Crippen molar-refractivity contribution in [1.29, 1.82) is 0 Å². The average Bonchev–Trinajstić information content (AvgIpc) is 2.33. The van der Waals surface area contributed by atoms with Gasteiger partial charge in [-0.2, -0.15) is 5.10 Å². The van der Waals surface area contributed by atoms with Gasteiger partial charge in [-0.15, -0.1) is 11.3 Å². The predicted molar refractivity (Wildman–Crippen MR) is 38.2 cm³/mol. The molecule has 2 aromatic heterocycles. The summed E-state index contributed by atoms with van der Waals surface area (Å²) in [7, 11) is 0. The van der Waals surface area contributed by atoms with Gasteiger partial charge in [-0.25, -0.2) is 4.52 Å². The van der Waals surface area contributed by atoms with Gasteiger partial charge in [-0.1, -0.05) is 0 Å². The molecule has 0 aromatic carbocycles. The molecule has 0 fully saturated rings. The summed E-state index contributed by atoms with van der Waals surface area (Å²) in [4.78, 5) is 11.5. The molecule has 10 heavy (non-hydrogen) atoms. The highest BCUT2D eigenvalue weighted by atomic mass is 32.1. The zero-order chi connectivity index (χ0) is 6.97. The highest BCUT2D eigenvalue weighted by molar-refractivity contribution is 7.15. The van der Waals surface area contributed by atoms with Crippen LogP contribution in [0.5, 0.6) is 0 Å². The molecule has 2 aromatic rings. The zero-order valence-corrected chi connectivity index (χ0v) is 5.76. The van der Waals surface area contributed by atoms with Gasteiger partial charge in [-0.05, 0) is 0 Å². The third-order valence-electron chi connectivity index (χ3n) is 1.15. The van der Waals surface area contributed by atoms with Crippen LogP contribution in [0.3, 0.4) is 0 Å². The summed E-state index contributed by atoms with van der Waals surface area (Å²) in [6.45, 7) is 0. The fraction of sp³-hybridized carbons (Fsp3) is 0. The molecule has 0 atom stereocenters. The summed E-state index contributed by atoms with van der Waals surface area (Å²) in [5.41, 5.74) is 1.59. The number of fused-ring (bicyclic) bond motifs is 1. The minimum Gasteiger partial charge on any atom is -0.289 e. The molecule has 4 heteroatoms. The quantitative estimate of drug-likeness (QED) is 0.551. The number of hydrogen-bond donors (Lipinski definition) is 0. The van der Waals surface area contributed by atoms with Gasteiger partial charge in [0.15, 0.2) is 5.43 Å². The van der Waals surface area contributed by atoms with Crippen molar-refractivity contribution in [2.75, 3.05) is 0 Å². The van der Waals surface area contributed by atoms with Crippen LogP contribution in [0.2, 0.25) is 0 Å². The lowest BCUT2D eigenvalue weighted by Gasteiger charge is -1.84. The standard InChI is InChI=1S/C6H3N2OS/c9-5-1-2-8-6(3-5)10-4-7-8/h2-4H. The molecule has 1 radical (unpaired) electrons. The molecule has 0 amide bonds. The smallest absolute Gasteiger partial charge is 0.191 e. The Balaban J connectivity index is 2.99. The highest BCUT2D eigenvalue weighted by Gasteiger charge is 1.91. The topological polar surface area (TPSA) is 34.4 Å². The van der Waals surface area contributed by atoms with Gasteiger partial charge < -0.3 is 0 Å². The molecule has 2 rings (SSSR count).